The molecule has 20 heavy (non-hydrogen) atoms. The van der Waals surface area contributed by atoms with Gasteiger partial charge in [-0.15, -0.1) is 0 Å². The van der Waals surface area contributed by atoms with Gasteiger partial charge in [-0.1, -0.05) is 35.2 Å². The van der Waals surface area contributed by atoms with Crippen molar-refractivity contribution < 1.29 is 4.74 Å². The first-order valence-electron chi connectivity index (χ1n) is 7.66. The molecule has 0 unspecified atom stereocenters. The lowest BCUT2D eigenvalue weighted by atomic mass is 9.94. The van der Waals surface area contributed by atoms with Crippen LogP contribution in [0, 0.1) is 0 Å². The predicted molar refractivity (Wildman–Crippen MR) is 88.0 cm³/mol. The Morgan fingerprint density at radius 2 is 2.10 bits per heavy atom. The highest BCUT2D eigenvalue weighted by Gasteiger charge is 2.24. The molecular formula is C16H25BrN2O. The molecule has 0 radical (unpaired) electrons. The molecule has 0 atom stereocenters. The van der Waals surface area contributed by atoms with Crippen LogP contribution in [0.15, 0.2) is 18.3 Å². The smallest absolute Gasteiger partial charge is 0.171 e. The zero-order valence-corrected chi connectivity index (χ0v) is 14.1. The lowest BCUT2D eigenvalue weighted by molar-refractivity contribution is 0.241. The summed E-state index contributed by atoms with van der Waals surface area (Å²) >= 11 is 3.58. The molecule has 1 saturated carbocycles. The molecule has 0 aromatic carbocycles. The zero-order valence-electron chi connectivity index (χ0n) is 12.5. The summed E-state index contributed by atoms with van der Waals surface area (Å²) in [4.78, 5) is 7.04. The van der Waals surface area contributed by atoms with Gasteiger partial charge in [-0.3, -0.25) is 0 Å². The molecule has 0 amide bonds. The van der Waals surface area contributed by atoms with E-state index in [1.165, 1.54) is 32.1 Å². The number of hydrogen-bond donors (Lipinski definition) is 0. The van der Waals surface area contributed by atoms with Crippen LogP contribution in [0.2, 0.25) is 0 Å². The molecule has 1 fully saturated rings. The lowest BCUT2D eigenvalue weighted by Gasteiger charge is -2.35. The number of aromatic nitrogens is 1. The number of rotatable bonds is 6. The van der Waals surface area contributed by atoms with Gasteiger partial charge in [0.1, 0.15) is 0 Å². The first kappa shape index (κ1) is 15.6. The Morgan fingerprint density at radius 3 is 2.75 bits per heavy atom. The number of anilines is 1. The standard InChI is InChI=1S/C16H25BrN2O/c1-13(2)20-15-9-6-11-18-16(15)19(12-10-17)14-7-4-3-5-8-14/h6,9,11,13-14H,3-5,7-8,10,12H2,1-2H3. The third kappa shape index (κ3) is 4.11. The Morgan fingerprint density at radius 1 is 1.35 bits per heavy atom. The van der Waals surface area contributed by atoms with Crippen molar-refractivity contribution in [2.75, 3.05) is 16.8 Å². The van der Waals surface area contributed by atoms with E-state index < -0.39 is 0 Å². The molecule has 1 aromatic rings. The van der Waals surface area contributed by atoms with Crippen LogP contribution in [0.1, 0.15) is 46.0 Å². The molecular weight excluding hydrogens is 316 g/mol. The zero-order chi connectivity index (χ0) is 14.4. The van der Waals surface area contributed by atoms with E-state index >= 15 is 0 Å². The highest BCUT2D eigenvalue weighted by Crippen LogP contribution is 2.32. The van der Waals surface area contributed by atoms with Crippen LogP contribution in [0.25, 0.3) is 0 Å². The Kier molecular flexibility index (Phi) is 6.14. The highest BCUT2D eigenvalue weighted by molar-refractivity contribution is 9.09. The van der Waals surface area contributed by atoms with E-state index in [0.29, 0.717) is 6.04 Å². The van der Waals surface area contributed by atoms with Crippen molar-refractivity contribution in [3.8, 4) is 5.75 Å². The fourth-order valence-corrected chi connectivity index (χ4v) is 3.27. The van der Waals surface area contributed by atoms with Gasteiger partial charge in [-0.2, -0.15) is 0 Å². The molecule has 1 heterocycles. The molecule has 0 aliphatic heterocycles. The molecule has 112 valence electrons. The van der Waals surface area contributed by atoms with Crippen LogP contribution in [0.4, 0.5) is 5.82 Å². The second-order valence-electron chi connectivity index (χ2n) is 5.67. The van der Waals surface area contributed by atoms with E-state index in [1.807, 2.05) is 18.3 Å². The number of halogens is 1. The van der Waals surface area contributed by atoms with Crippen molar-refractivity contribution >= 4 is 21.7 Å². The van der Waals surface area contributed by atoms with Crippen LogP contribution in [-0.2, 0) is 0 Å². The van der Waals surface area contributed by atoms with Gasteiger partial charge >= 0.3 is 0 Å². The molecule has 1 aliphatic carbocycles. The Balaban J connectivity index is 2.23. The molecule has 2 rings (SSSR count). The monoisotopic (exact) mass is 340 g/mol. The molecule has 3 nitrogen and oxygen atoms in total. The Labute approximate surface area is 130 Å². The van der Waals surface area contributed by atoms with Crippen LogP contribution in [0.5, 0.6) is 5.75 Å². The maximum Gasteiger partial charge on any atom is 0.171 e. The fourth-order valence-electron chi connectivity index (χ4n) is 2.89. The van der Waals surface area contributed by atoms with Gasteiger partial charge in [0.25, 0.3) is 0 Å². The van der Waals surface area contributed by atoms with Gasteiger partial charge in [-0.25, -0.2) is 4.98 Å². The van der Waals surface area contributed by atoms with E-state index in [9.17, 15) is 0 Å². The van der Waals surface area contributed by atoms with Gasteiger partial charge in [0, 0.05) is 24.1 Å². The van der Waals surface area contributed by atoms with Gasteiger partial charge in [0.2, 0.25) is 0 Å². The summed E-state index contributed by atoms with van der Waals surface area (Å²) in [5, 5.41) is 0.960. The van der Waals surface area contributed by atoms with Crippen molar-refractivity contribution in [3.63, 3.8) is 0 Å². The van der Waals surface area contributed by atoms with E-state index in [0.717, 1.165) is 23.4 Å². The molecule has 1 aliphatic rings. The summed E-state index contributed by atoms with van der Waals surface area (Å²) in [7, 11) is 0. The Bertz CT molecular complexity index is 405. The van der Waals surface area contributed by atoms with E-state index in [1.54, 1.807) is 0 Å². The summed E-state index contributed by atoms with van der Waals surface area (Å²) in [5.41, 5.74) is 0. The van der Waals surface area contributed by atoms with Gasteiger partial charge in [0.05, 0.1) is 6.10 Å². The van der Waals surface area contributed by atoms with Crippen LogP contribution < -0.4 is 9.64 Å². The van der Waals surface area contributed by atoms with Crippen molar-refractivity contribution in [1.82, 2.24) is 4.98 Å². The highest BCUT2D eigenvalue weighted by atomic mass is 79.9. The predicted octanol–water partition coefficient (Wildman–Crippen LogP) is 4.40. The summed E-state index contributed by atoms with van der Waals surface area (Å²) in [6.07, 6.45) is 8.61. The maximum atomic E-state index is 5.94. The SMILES string of the molecule is CC(C)Oc1cccnc1N(CCBr)C1CCCCC1. The van der Waals surface area contributed by atoms with Crippen LogP contribution in [-0.4, -0.2) is 29.0 Å². The van der Waals surface area contributed by atoms with E-state index in [2.05, 4.69) is 39.7 Å². The van der Waals surface area contributed by atoms with Gasteiger partial charge in [-0.05, 0) is 38.8 Å². The maximum absolute atomic E-state index is 5.94. The lowest BCUT2D eigenvalue weighted by Crippen LogP contribution is -2.39. The van der Waals surface area contributed by atoms with Crippen molar-refractivity contribution in [2.45, 2.75) is 58.1 Å². The Hall–Kier alpha value is -0.770. The summed E-state index contributed by atoms with van der Waals surface area (Å²) < 4.78 is 5.94. The van der Waals surface area contributed by atoms with Gasteiger partial charge < -0.3 is 9.64 Å². The van der Waals surface area contributed by atoms with Crippen molar-refractivity contribution in [3.05, 3.63) is 18.3 Å². The number of hydrogen-bond acceptors (Lipinski definition) is 3. The third-order valence-corrected chi connectivity index (χ3v) is 4.08. The molecule has 1 aromatic heterocycles. The van der Waals surface area contributed by atoms with E-state index in [-0.39, 0.29) is 6.10 Å². The fraction of sp³-hybridized carbons (Fsp3) is 0.688. The molecule has 0 spiro atoms. The topological polar surface area (TPSA) is 25.4 Å². The number of pyridine rings is 1. The third-order valence-electron chi connectivity index (χ3n) is 3.73. The van der Waals surface area contributed by atoms with Gasteiger partial charge in [0.15, 0.2) is 11.6 Å². The normalized spacial score (nSPS) is 16.4. The largest absolute Gasteiger partial charge is 0.487 e. The van der Waals surface area contributed by atoms with E-state index in [4.69, 9.17) is 4.74 Å². The molecule has 0 N–H and O–H groups in total. The average Bonchev–Trinajstić information content (AvgIpc) is 2.46. The second kappa shape index (κ2) is 7.87. The first-order chi connectivity index (χ1) is 9.72. The first-order valence-corrected chi connectivity index (χ1v) is 8.78. The van der Waals surface area contributed by atoms with Crippen molar-refractivity contribution in [1.29, 1.82) is 0 Å². The number of ether oxygens (including phenoxy) is 1. The van der Waals surface area contributed by atoms with Crippen molar-refractivity contribution in [2.24, 2.45) is 0 Å². The minimum atomic E-state index is 0.176. The quantitative estimate of drug-likeness (QED) is 0.717. The number of alkyl halides is 1. The minimum Gasteiger partial charge on any atom is -0.487 e. The molecule has 0 saturated heterocycles. The summed E-state index contributed by atoms with van der Waals surface area (Å²) in [6, 6.07) is 4.59. The summed E-state index contributed by atoms with van der Waals surface area (Å²) in [5.74, 6) is 1.92. The number of nitrogens with zero attached hydrogens (tertiary/aromatic N) is 2. The molecule has 4 heteroatoms. The minimum absolute atomic E-state index is 0.176. The second-order valence-corrected chi connectivity index (χ2v) is 6.46. The molecule has 0 bridgehead atoms. The summed E-state index contributed by atoms with van der Waals surface area (Å²) in [6.45, 7) is 5.11. The van der Waals surface area contributed by atoms with Crippen LogP contribution in [0.3, 0.4) is 0 Å². The van der Waals surface area contributed by atoms with Crippen LogP contribution >= 0.6 is 15.9 Å². The average molecular weight is 341 g/mol.